The Morgan fingerprint density at radius 2 is 1.93 bits per heavy atom. The second-order valence-corrected chi connectivity index (χ2v) is 4.16. The van der Waals surface area contributed by atoms with Crippen LogP contribution in [-0.2, 0) is 0 Å². The lowest BCUT2D eigenvalue weighted by atomic mass is 10.1. The first-order chi connectivity index (χ1) is 6.85. The molecule has 1 unspecified atom stereocenters. The fourth-order valence-corrected chi connectivity index (χ4v) is 1.50. The minimum absolute atomic E-state index is 0.0798. The van der Waals surface area contributed by atoms with Gasteiger partial charge in [-0.2, -0.15) is 13.2 Å². The van der Waals surface area contributed by atoms with Crippen molar-refractivity contribution in [3.8, 4) is 0 Å². The number of nitrogens with zero attached hydrogens (tertiary/aromatic N) is 1. The van der Waals surface area contributed by atoms with Gasteiger partial charge in [-0.15, -0.1) is 0 Å². The quantitative estimate of drug-likeness (QED) is 0.721. The van der Waals surface area contributed by atoms with E-state index < -0.39 is 12.6 Å². The zero-order valence-electron chi connectivity index (χ0n) is 9.48. The smallest absolute Gasteiger partial charge is 0.330 e. The van der Waals surface area contributed by atoms with Crippen molar-refractivity contribution in [3.63, 3.8) is 0 Å². The van der Waals surface area contributed by atoms with Crippen LogP contribution >= 0.6 is 0 Å². The van der Waals surface area contributed by atoms with Gasteiger partial charge in [0.15, 0.2) is 0 Å². The van der Waals surface area contributed by atoms with Crippen LogP contribution in [0.15, 0.2) is 0 Å². The molecule has 92 valence electrons. The fourth-order valence-electron chi connectivity index (χ4n) is 1.50. The van der Waals surface area contributed by atoms with Crippen LogP contribution in [0.3, 0.4) is 0 Å². The number of hydrogen-bond donors (Lipinski definition) is 1. The third kappa shape index (κ3) is 10.0. The zero-order chi connectivity index (χ0) is 11.9. The van der Waals surface area contributed by atoms with Gasteiger partial charge in [-0.05, 0) is 32.4 Å². The fraction of sp³-hybridized carbons (Fsp3) is 1.00. The van der Waals surface area contributed by atoms with Gasteiger partial charge in [0, 0.05) is 13.1 Å². The second kappa shape index (κ2) is 7.06. The Bertz CT molecular complexity index is 159. The molecule has 0 aromatic rings. The molecule has 0 aliphatic rings. The average Bonchev–Trinajstić information content (AvgIpc) is 2.10. The number of hydrogen-bond acceptors (Lipinski definition) is 2. The van der Waals surface area contributed by atoms with Gasteiger partial charge in [-0.25, -0.2) is 0 Å². The van der Waals surface area contributed by atoms with E-state index in [0.29, 0.717) is 19.0 Å². The summed E-state index contributed by atoms with van der Waals surface area (Å²) in [6, 6.07) is 0. The van der Waals surface area contributed by atoms with Crippen molar-refractivity contribution in [2.75, 3.05) is 26.7 Å². The molecule has 0 fully saturated rings. The molecule has 0 amide bonds. The maximum Gasteiger partial charge on any atom is 0.390 e. The molecule has 5 heteroatoms. The van der Waals surface area contributed by atoms with E-state index in [2.05, 4.69) is 0 Å². The molecule has 0 rings (SSSR count). The van der Waals surface area contributed by atoms with Gasteiger partial charge < -0.3 is 10.6 Å². The number of nitrogens with two attached hydrogens (primary N) is 1. The summed E-state index contributed by atoms with van der Waals surface area (Å²) in [6.07, 6.45) is -2.86. The largest absolute Gasteiger partial charge is 0.390 e. The molecule has 2 N–H and O–H groups in total. The van der Waals surface area contributed by atoms with Crippen LogP contribution in [-0.4, -0.2) is 37.8 Å². The van der Waals surface area contributed by atoms with Crippen molar-refractivity contribution in [1.29, 1.82) is 0 Å². The highest BCUT2D eigenvalue weighted by molar-refractivity contribution is 4.62. The summed E-state index contributed by atoms with van der Waals surface area (Å²) in [6.45, 7) is 3.48. The Morgan fingerprint density at radius 1 is 1.33 bits per heavy atom. The number of alkyl halides is 3. The van der Waals surface area contributed by atoms with Crippen LogP contribution in [0.4, 0.5) is 13.2 Å². The van der Waals surface area contributed by atoms with Gasteiger partial charge >= 0.3 is 6.18 Å². The molecular formula is C10H21F3N2. The summed E-state index contributed by atoms with van der Waals surface area (Å²) in [5.74, 6) is 0.409. The van der Waals surface area contributed by atoms with Gasteiger partial charge in [0.25, 0.3) is 0 Å². The molecule has 2 nitrogen and oxygen atoms in total. The summed E-state index contributed by atoms with van der Waals surface area (Å²) >= 11 is 0. The normalized spacial score (nSPS) is 14.6. The van der Waals surface area contributed by atoms with E-state index in [1.54, 1.807) is 11.9 Å². The molecule has 0 aromatic carbocycles. The molecule has 0 aliphatic heterocycles. The number of rotatable bonds is 7. The van der Waals surface area contributed by atoms with Crippen molar-refractivity contribution >= 4 is 0 Å². The lowest BCUT2D eigenvalue weighted by molar-refractivity contribution is -0.137. The first kappa shape index (κ1) is 14.7. The van der Waals surface area contributed by atoms with E-state index in [-0.39, 0.29) is 6.54 Å². The molecule has 0 aliphatic carbocycles. The third-order valence-electron chi connectivity index (χ3n) is 2.30. The lowest BCUT2D eigenvalue weighted by Crippen LogP contribution is -2.28. The van der Waals surface area contributed by atoms with Crippen molar-refractivity contribution < 1.29 is 13.2 Å². The SMILES string of the molecule is CC(CCCN)CN(C)CCC(F)(F)F. The molecule has 0 heterocycles. The van der Waals surface area contributed by atoms with E-state index in [1.165, 1.54) is 0 Å². The maximum absolute atomic E-state index is 11.9. The first-order valence-corrected chi connectivity index (χ1v) is 5.30. The van der Waals surface area contributed by atoms with Gasteiger partial charge in [0.1, 0.15) is 0 Å². The molecular weight excluding hydrogens is 205 g/mol. The summed E-state index contributed by atoms with van der Waals surface area (Å²) in [5, 5.41) is 0. The number of halogens is 3. The van der Waals surface area contributed by atoms with Crippen LogP contribution in [0, 0.1) is 5.92 Å². The summed E-state index contributed by atoms with van der Waals surface area (Å²) in [4.78, 5) is 1.73. The minimum Gasteiger partial charge on any atom is -0.330 e. The van der Waals surface area contributed by atoms with E-state index in [4.69, 9.17) is 5.73 Å². The van der Waals surface area contributed by atoms with Gasteiger partial charge in [0.2, 0.25) is 0 Å². The summed E-state index contributed by atoms with van der Waals surface area (Å²) in [5.41, 5.74) is 5.36. The summed E-state index contributed by atoms with van der Waals surface area (Å²) < 4.78 is 35.7. The average molecular weight is 226 g/mol. The Morgan fingerprint density at radius 3 is 2.40 bits per heavy atom. The van der Waals surface area contributed by atoms with E-state index in [9.17, 15) is 13.2 Å². The van der Waals surface area contributed by atoms with Crippen LogP contribution in [0.1, 0.15) is 26.2 Å². The molecule has 0 aromatic heterocycles. The minimum atomic E-state index is -4.05. The van der Waals surface area contributed by atoms with Crippen LogP contribution in [0.2, 0.25) is 0 Å². The monoisotopic (exact) mass is 226 g/mol. The standard InChI is InChI=1S/C10H21F3N2/c1-9(4-3-6-14)8-15(2)7-5-10(11,12)13/h9H,3-8,14H2,1-2H3. The maximum atomic E-state index is 11.9. The summed E-state index contributed by atoms with van der Waals surface area (Å²) in [7, 11) is 1.73. The lowest BCUT2D eigenvalue weighted by Gasteiger charge is -2.21. The van der Waals surface area contributed by atoms with Crippen molar-refractivity contribution in [2.45, 2.75) is 32.4 Å². The van der Waals surface area contributed by atoms with Gasteiger partial charge in [0.05, 0.1) is 6.42 Å². The molecule has 0 saturated heterocycles. The molecule has 15 heavy (non-hydrogen) atoms. The predicted molar refractivity (Wildman–Crippen MR) is 55.6 cm³/mol. The van der Waals surface area contributed by atoms with Gasteiger partial charge in [-0.1, -0.05) is 6.92 Å². The highest BCUT2D eigenvalue weighted by atomic mass is 19.4. The molecule has 0 bridgehead atoms. The molecule has 0 radical (unpaired) electrons. The zero-order valence-corrected chi connectivity index (χ0v) is 9.48. The van der Waals surface area contributed by atoms with Crippen molar-refractivity contribution in [1.82, 2.24) is 4.90 Å². The molecule has 0 saturated carbocycles. The first-order valence-electron chi connectivity index (χ1n) is 5.30. The van der Waals surface area contributed by atoms with Crippen molar-refractivity contribution in [3.05, 3.63) is 0 Å². The Hall–Kier alpha value is -0.290. The Labute approximate surface area is 89.6 Å². The topological polar surface area (TPSA) is 29.3 Å². The van der Waals surface area contributed by atoms with E-state index in [0.717, 1.165) is 12.8 Å². The van der Waals surface area contributed by atoms with Crippen molar-refractivity contribution in [2.24, 2.45) is 11.7 Å². The van der Waals surface area contributed by atoms with Crippen LogP contribution in [0.5, 0.6) is 0 Å². The predicted octanol–water partition coefficient (Wildman–Crippen LogP) is 2.25. The van der Waals surface area contributed by atoms with E-state index in [1.807, 2.05) is 6.92 Å². The highest BCUT2D eigenvalue weighted by Gasteiger charge is 2.27. The second-order valence-electron chi connectivity index (χ2n) is 4.16. The molecule has 1 atom stereocenters. The Kier molecular flexibility index (Phi) is 6.92. The van der Waals surface area contributed by atoms with Crippen LogP contribution in [0.25, 0.3) is 0 Å². The third-order valence-corrected chi connectivity index (χ3v) is 2.30. The highest BCUT2D eigenvalue weighted by Crippen LogP contribution is 2.19. The molecule has 0 spiro atoms. The van der Waals surface area contributed by atoms with Crippen LogP contribution < -0.4 is 5.73 Å². The van der Waals surface area contributed by atoms with Gasteiger partial charge in [-0.3, -0.25) is 0 Å². The van der Waals surface area contributed by atoms with E-state index >= 15 is 0 Å². The Balaban J connectivity index is 3.59.